The van der Waals surface area contributed by atoms with Gasteiger partial charge < -0.3 is 9.84 Å². The number of nitro benzene ring substituents is 1. The highest BCUT2D eigenvalue weighted by Crippen LogP contribution is 2.40. The van der Waals surface area contributed by atoms with Crippen molar-refractivity contribution >= 4 is 17.5 Å². The van der Waals surface area contributed by atoms with Crippen molar-refractivity contribution in [1.82, 2.24) is 20.2 Å². The minimum absolute atomic E-state index is 0.110. The van der Waals surface area contributed by atoms with E-state index in [4.69, 9.17) is 9.84 Å². The molecule has 0 bridgehead atoms. The van der Waals surface area contributed by atoms with E-state index in [2.05, 4.69) is 10.3 Å². The number of carbonyl (C=O) groups is 1. The fourth-order valence-electron chi connectivity index (χ4n) is 5.26. The van der Waals surface area contributed by atoms with Crippen molar-refractivity contribution in [2.24, 2.45) is 0 Å². The van der Waals surface area contributed by atoms with Crippen LogP contribution in [0.15, 0.2) is 133 Å². The SMILES string of the molecule is CN(C(=O)O)c1cc(Oc2ccc(-c3nnn(C(c4ccccc4)(c4ccccc4)c4ccccc4)n3)cc2)ccc1[N+](=O)[O-]. The minimum atomic E-state index is -1.34. The summed E-state index contributed by atoms with van der Waals surface area (Å²) in [5.74, 6) is 1.06. The number of nitrogens with zero attached hydrogens (tertiary/aromatic N) is 6. The number of amides is 1. The molecular formula is C34H26N6O5. The molecule has 0 aliphatic carbocycles. The molecule has 0 aliphatic heterocycles. The second kappa shape index (κ2) is 12.1. The molecule has 0 unspecified atom stereocenters. The third kappa shape index (κ3) is 5.45. The van der Waals surface area contributed by atoms with Crippen LogP contribution >= 0.6 is 0 Å². The molecule has 1 amide bonds. The van der Waals surface area contributed by atoms with Crippen molar-refractivity contribution in [3.8, 4) is 22.9 Å². The summed E-state index contributed by atoms with van der Waals surface area (Å²) in [6.07, 6.45) is -1.34. The maximum absolute atomic E-state index is 11.5. The largest absolute Gasteiger partial charge is 0.465 e. The topological polar surface area (TPSA) is 137 Å². The van der Waals surface area contributed by atoms with Gasteiger partial charge in [-0.05, 0) is 52.2 Å². The van der Waals surface area contributed by atoms with Crippen molar-refractivity contribution in [3.05, 3.63) is 160 Å². The van der Waals surface area contributed by atoms with Crippen LogP contribution in [0.25, 0.3) is 11.4 Å². The van der Waals surface area contributed by atoms with Gasteiger partial charge in [-0.2, -0.15) is 0 Å². The molecule has 6 aromatic rings. The van der Waals surface area contributed by atoms with Gasteiger partial charge in [0.15, 0.2) is 5.54 Å². The van der Waals surface area contributed by atoms with Crippen molar-refractivity contribution in [2.75, 3.05) is 11.9 Å². The van der Waals surface area contributed by atoms with E-state index in [1.165, 1.54) is 25.2 Å². The molecule has 0 aliphatic rings. The van der Waals surface area contributed by atoms with E-state index in [0.717, 1.165) is 21.6 Å². The summed E-state index contributed by atoms with van der Waals surface area (Å²) in [4.78, 5) is 24.7. The number of aromatic nitrogens is 4. The molecule has 6 rings (SSSR count). The molecular weight excluding hydrogens is 572 g/mol. The van der Waals surface area contributed by atoms with Gasteiger partial charge >= 0.3 is 6.09 Å². The zero-order chi connectivity index (χ0) is 31.4. The van der Waals surface area contributed by atoms with Crippen LogP contribution in [0.5, 0.6) is 11.5 Å². The summed E-state index contributed by atoms with van der Waals surface area (Å²) in [7, 11) is 1.23. The van der Waals surface area contributed by atoms with Crippen LogP contribution in [0.2, 0.25) is 0 Å². The smallest absolute Gasteiger partial charge is 0.411 e. The van der Waals surface area contributed by atoms with Crippen molar-refractivity contribution in [2.45, 2.75) is 5.54 Å². The first-order chi connectivity index (χ1) is 21.9. The molecule has 1 aromatic heterocycles. The lowest BCUT2D eigenvalue weighted by atomic mass is 9.77. The summed E-state index contributed by atoms with van der Waals surface area (Å²) in [5, 5.41) is 34.7. The van der Waals surface area contributed by atoms with Crippen LogP contribution in [0, 0.1) is 10.1 Å². The van der Waals surface area contributed by atoms with E-state index in [0.29, 0.717) is 17.1 Å². The van der Waals surface area contributed by atoms with Gasteiger partial charge in [0.2, 0.25) is 5.82 Å². The summed E-state index contributed by atoms with van der Waals surface area (Å²) < 4.78 is 5.90. The number of ether oxygens (including phenoxy) is 1. The number of rotatable bonds is 9. The van der Waals surface area contributed by atoms with Crippen LogP contribution in [0.1, 0.15) is 16.7 Å². The lowest BCUT2D eigenvalue weighted by Gasteiger charge is -2.34. The quantitative estimate of drug-likeness (QED) is 0.107. The molecule has 0 spiro atoms. The molecule has 11 heteroatoms. The first-order valence-electron chi connectivity index (χ1n) is 13.9. The van der Waals surface area contributed by atoms with Crippen LogP contribution < -0.4 is 9.64 Å². The predicted molar refractivity (Wildman–Crippen MR) is 167 cm³/mol. The highest BCUT2D eigenvalue weighted by molar-refractivity contribution is 5.89. The molecule has 5 aromatic carbocycles. The first-order valence-corrected chi connectivity index (χ1v) is 13.9. The maximum Gasteiger partial charge on any atom is 0.411 e. The van der Waals surface area contributed by atoms with Crippen LogP contribution in [0.3, 0.4) is 0 Å². The Labute approximate surface area is 257 Å². The van der Waals surface area contributed by atoms with Crippen molar-refractivity contribution < 1.29 is 19.6 Å². The second-order valence-electron chi connectivity index (χ2n) is 10.1. The average Bonchev–Trinajstić information content (AvgIpc) is 3.57. The van der Waals surface area contributed by atoms with Gasteiger partial charge in [-0.1, -0.05) is 91.0 Å². The highest BCUT2D eigenvalue weighted by atomic mass is 16.6. The van der Waals surface area contributed by atoms with E-state index >= 15 is 0 Å². The van der Waals surface area contributed by atoms with Crippen molar-refractivity contribution in [1.29, 1.82) is 0 Å². The van der Waals surface area contributed by atoms with Gasteiger partial charge in [0.1, 0.15) is 17.2 Å². The Kier molecular flexibility index (Phi) is 7.73. The number of anilines is 1. The van der Waals surface area contributed by atoms with Gasteiger partial charge in [0.25, 0.3) is 5.69 Å². The Morgan fingerprint density at radius 3 is 1.80 bits per heavy atom. The molecule has 1 N–H and O–H groups in total. The molecule has 0 radical (unpaired) electrons. The van der Waals surface area contributed by atoms with Crippen LogP contribution in [-0.4, -0.2) is 43.4 Å². The molecule has 11 nitrogen and oxygen atoms in total. The number of benzene rings is 5. The van der Waals surface area contributed by atoms with E-state index < -0.39 is 16.6 Å². The van der Waals surface area contributed by atoms with Gasteiger partial charge in [0.05, 0.1) is 4.92 Å². The Morgan fingerprint density at radius 1 is 0.800 bits per heavy atom. The number of nitro groups is 1. The van der Waals surface area contributed by atoms with Crippen LogP contribution in [0.4, 0.5) is 16.2 Å². The Balaban J connectivity index is 1.36. The minimum Gasteiger partial charge on any atom is -0.465 e. The van der Waals surface area contributed by atoms with Crippen LogP contribution in [-0.2, 0) is 5.54 Å². The lowest BCUT2D eigenvalue weighted by Crippen LogP contribution is -2.39. The fourth-order valence-corrected chi connectivity index (χ4v) is 5.26. The molecule has 0 atom stereocenters. The Bertz CT molecular complexity index is 1850. The fraction of sp³-hybridized carbons (Fsp3) is 0.0588. The Morgan fingerprint density at radius 2 is 1.31 bits per heavy atom. The summed E-state index contributed by atoms with van der Waals surface area (Å²) in [6.45, 7) is 0. The number of tetrazole rings is 1. The second-order valence-corrected chi connectivity index (χ2v) is 10.1. The summed E-state index contributed by atoms with van der Waals surface area (Å²) in [6, 6.07) is 41.0. The van der Waals surface area contributed by atoms with E-state index in [9.17, 15) is 20.0 Å². The maximum atomic E-state index is 11.5. The molecule has 222 valence electrons. The van der Waals surface area contributed by atoms with E-state index in [1.807, 2.05) is 91.0 Å². The molecule has 0 saturated carbocycles. The van der Waals surface area contributed by atoms with Crippen molar-refractivity contribution in [3.63, 3.8) is 0 Å². The monoisotopic (exact) mass is 598 g/mol. The van der Waals surface area contributed by atoms with Gasteiger partial charge in [-0.3, -0.25) is 15.0 Å². The Hall–Kier alpha value is -6.36. The van der Waals surface area contributed by atoms with Gasteiger partial charge in [0, 0.05) is 24.7 Å². The molecule has 1 heterocycles. The summed E-state index contributed by atoms with van der Waals surface area (Å²) >= 11 is 0. The first kappa shape index (κ1) is 28.7. The lowest BCUT2D eigenvalue weighted by molar-refractivity contribution is -0.384. The van der Waals surface area contributed by atoms with Gasteiger partial charge in [-0.25, -0.2) is 4.79 Å². The standard InChI is InChI=1S/C34H26N6O5/c1-38(33(41)42)31-23-29(21-22-30(31)39(43)44)45-28-19-17-24(18-20-28)32-35-37-40(36-32)34(25-11-5-2-6-12-25,26-13-7-3-8-14-26)27-15-9-4-10-16-27/h2-23H,1H3,(H,41,42). The zero-order valence-corrected chi connectivity index (χ0v) is 24.0. The van der Waals surface area contributed by atoms with E-state index in [-0.39, 0.29) is 17.1 Å². The van der Waals surface area contributed by atoms with E-state index in [1.54, 1.807) is 29.1 Å². The number of hydrogen-bond donors (Lipinski definition) is 1. The molecule has 0 fully saturated rings. The van der Waals surface area contributed by atoms with Gasteiger partial charge in [-0.15, -0.1) is 15.0 Å². The third-order valence-electron chi connectivity index (χ3n) is 7.43. The third-order valence-corrected chi connectivity index (χ3v) is 7.43. The highest BCUT2D eigenvalue weighted by Gasteiger charge is 2.41. The molecule has 0 saturated heterocycles. The number of carboxylic acid groups (broad SMARTS) is 1. The predicted octanol–water partition coefficient (Wildman–Crippen LogP) is 7.00. The zero-order valence-electron chi connectivity index (χ0n) is 24.0. The summed E-state index contributed by atoms with van der Waals surface area (Å²) in [5.41, 5.74) is 2.21. The number of hydrogen-bond acceptors (Lipinski definition) is 7. The average molecular weight is 599 g/mol. The molecule has 45 heavy (non-hydrogen) atoms. The normalized spacial score (nSPS) is 11.1.